The second-order valence-electron chi connectivity index (χ2n) is 7.23. The lowest BCUT2D eigenvalue weighted by atomic mass is 9.60. The third-order valence-electron chi connectivity index (χ3n) is 4.79. The lowest BCUT2D eigenvalue weighted by Gasteiger charge is -2.56. The molecule has 0 N–H and O–H groups in total. The maximum absolute atomic E-state index is 12.3. The van der Waals surface area contributed by atoms with Crippen molar-refractivity contribution in [1.29, 1.82) is 0 Å². The summed E-state index contributed by atoms with van der Waals surface area (Å²) in [5.74, 6) is 0. The molecule has 2 atom stereocenters. The van der Waals surface area contributed by atoms with E-state index in [1.165, 1.54) is 25.7 Å². The summed E-state index contributed by atoms with van der Waals surface area (Å²) in [5.41, 5.74) is -0.251. The Morgan fingerprint density at radius 3 is 2.40 bits per heavy atom. The van der Waals surface area contributed by atoms with Crippen LogP contribution in [-0.2, 0) is 9.47 Å². The van der Waals surface area contributed by atoms with E-state index in [1.54, 1.807) is 0 Å². The van der Waals surface area contributed by atoms with E-state index in [2.05, 4.69) is 0 Å². The monoisotopic (exact) mass is 283 g/mol. The molecular formula is C16H29NO3. The smallest absolute Gasteiger partial charge is 0.410 e. The highest BCUT2D eigenvalue weighted by Crippen LogP contribution is 2.56. The molecule has 0 unspecified atom stereocenters. The van der Waals surface area contributed by atoms with Gasteiger partial charge < -0.3 is 14.4 Å². The first-order chi connectivity index (χ1) is 9.30. The number of amides is 1. The Kier molecular flexibility index (Phi) is 4.33. The van der Waals surface area contributed by atoms with Gasteiger partial charge in [0.05, 0.1) is 6.10 Å². The number of nitrogens with zero attached hydrogens (tertiary/aromatic N) is 1. The van der Waals surface area contributed by atoms with Gasteiger partial charge in [-0.05, 0) is 47.0 Å². The Morgan fingerprint density at radius 1 is 1.30 bits per heavy atom. The summed E-state index contributed by atoms with van der Waals surface area (Å²) in [4.78, 5) is 14.1. The van der Waals surface area contributed by atoms with E-state index in [4.69, 9.17) is 9.47 Å². The van der Waals surface area contributed by atoms with Crippen LogP contribution in [0.25, 0.3) is 0 Å². The van der Waals surface area contributed by atoms with Gasteiger partial charge in [0, 0.05) is 25.1 Å². The number of carbonyl (C=O) groups is 1. The van der Waals surface area contributed by atoms with Crippen molar-refractivity contribution in [3.63, 3.8) is 0 Å². The highest BCUT2D eigenvalue weighted by atomic mass is 16.6. The van der Waals surface area contributed by atoms with E-state index in [1.807, 2.05) is 39.6 Å². The van der Waals surface area contributed by atoms with Crippen LogP contribution < -0.4 is 0 Å². The van der Waals surface area contributed by atoms with Gasteiger partial charge in [0.2, 0.25) is 0 Å². The van der Waals surface area contributed by atoms with Gasteiger partial charge in [0.25, 0.3) is 0 Å². The minimum Gasteiger partial charge on any atom is -0.444 e. The normalized spacial score (nSPS) is 28.2. The molecule has 2 aliphatic rings. The first-order valence-corrected chi connectivity index (χ1v) is 7.87. The van der Waals surface area contributed by atoms with Crippen LogP contribution >= 0.6 is 0 Å². The highest BCUT2D eigenvalue weighted by Gasteiger charge is 2.59. The zero-order chi connectivity index (χ0) is 15.0. The van der Waals surface area contributed by atoms with Crippen LogP contribution in [0.5, 0.6) is 0 Å². The number of hydrogen-bond donors (Lipinski definition) is 0. The van der Waals surface area contributed by atoms with E-state index in [-0.39, 0.29) is 17.6 Å². The van der Waals surface area contributed by atoms with Crippen LogP contribution in [0.2, 0.25) is 0 Å². The number of ether oxygens (including phenoxy) is 2. The fourth-order valence-electron chi connectivity index (χ4n) is 3.85. The van der Waals surface area contributed by atoms with Crippen LogP contribution in [-0.4, -0.2) is 42.4 Å². The summed E-state index contributed by atoms with van der Waals surface area (Å²) < 4.78 is 11.4. The molecule has 116 valence electrons. The molecule has 1 amide bonds. The standard InChI is InChI=1S/C16H29NO3/c1-6-19-13-11-12(16(13)9-7-8-10-16)17(5)14(18)20-15(2,3)4/h12-13H,6-11H2,1-5H3/t12-,13+/m0/s1. The SMILES string of the molecule is CCO[C@@H]1C[C@H](N(C)C(=O)OC(C)(C)C)C12CCCC2. The van der Waals surface area contributed by atoms with Crippen molar-refractivity contribution >= 4 is 6.09 Å². The molecule has 0 aromatic carbocycles. The quantitative estimate of drug-likeness (QED) is 0.794. The minimum absolute atomic E-state index is 0.182. The van der Waals surface area contributed by atoms with Crippen molar-refractivity contribution in [3.8, 4) is 0 Å². The molecule has 0 bridgehead atoms. The van der Waals surface area contributed by atoms with Crippen LogP contribution in [0.1, 0.15) is 59.8 Å². The molecule has 0 aromatic heterocycles. The molecule has 0 heterocycles. The van der Waals surface area contributed by atoms with Crippen LogP contribution in [0.3, 0.4) is 0 Å². The summed E-state index contributed by atoms with van der Waals surface area (Å²) in [6, 6.07) is 0.274. The summed E-state index contributed by atoms with van der Waals surface area (Å²) in [5, 5.41) is 0. The van der Waals surface area contributed by atoms with Gasteiger partial charge in [0.15, 0.2) is 0 Å². The lowest BCUT2D eigenvalue weighted by Crippen LogP contribution is -2.64. The first kappa shape index (κ1) is 15.6. The van der Waals surface area contributed by atoms with Crippen LogP contribution in [0, 0.1) is 5.41 Å². The summed E-state index contributed by atoms with van der Waals surface area (Å²) in [6.07, 6.45) is 5.92. The summed E-state index contributed by atoms with van der Waals surface area (Å²) in [6.45, 7) is 8.54. The van der Waals surface area contributed by atoms with Crippen molar-refractivity contribution in [3.05, 3.63) is 0 Å². The third-order valence-corrected chi connectivity index (χ3v) is 4.79. The summed E-state index contributed by atoms with van der Waals surface area (Å²) >= 11 is 0. The molecular weight excluding hydrogens is 254 g/mol. The molecule has 2 aliphatic carbocycles. The first-order valence-electron chi connectivity index (χ1n) is 7.87. The molecule has 2 fully saturated rings. The van der Waals surface area contributed by atoms with E-state index < -0.39 is 5.60 Å². The van der Waals surface area contributed by atoms with Gasteiger partial charge in [0.1, 0.15) is 5.60 Å². The van der Waals surface area contributed by atoms with Gasteiger partial charge in [-0.2, -0.15) is 0 Å². The van der Waals surface area contributed by atoms with E-state index in [0.717, 1.165) is 13.0 Å². The maximum Gasteiger partial charge on any atom is 0.410 e. The fourth-order valence-corrected chi connectivity index (χ4v) is 3.85. The van der Waals surface area contributed by atoms with Gasteiger partial charge in [-0.15, -0.1) is 0 Å². The highest BCUT2D eigenvalue weighted by molar-refractivity contribution is 5.68. The average molecular weight is 283 g/mol. The molecule has 4 nitrogen and oxygen atoms in total. The molecule has 0 aromatic rings. The lowest BCUT2D eigenvalue weighted by molar-refractivity contribution is -0.157. The van der Waals surface area contributed by atoms with Gasteiger partial charge >= 0.3 is 6.09 Å². The van der Waals surface area contributed by atoms with Crippen LogP contribution in [0.4, 0.5) is 4.79 Å². The molecule has 4 heteroatoms. The Morgan fingerprint density at radius 2 is 1.90 bits per heavy atom. The zero-order valence-corrected chi connectivity index (χ0v) is 13.6. The van der Waals surface area contributed by atoms with Crippen molar-refractivity contribution in [1.82, 2.24) is 4.90 Å². The second kappa shape index (κ2) is 5.55. The number of hydrogen-bond acceptors (Lipinski definition) is 3. The average Bonchev–Trinajstić information content (AvgIpc) is 2.83. The second-order valence-corrected chi connectivity index (χ2v) is 7.23. The van der Waals surface area contributed by atoms with E-state index in [9.17, 15) is 4.79 Å². The molecule has 20 heavy (non-hydrogen) atoms. The third kappa shape index (κ3) is 2.80. The minimum atomic E-state index is -0.433. The van der Waals surface area contributed by atoms with Crippen molar-refractivity contribution in [2.45, 2.75) is 77.5 Å². The molecule has 0 saturated heterocycles. The predicted molar refractivity (Wildman–Crippen MR) is 78.7 cm³/mol. The zero-order valence-electron chi connectivity index (χ0n) is 13.6. The van der Waals surface area contributed by atoms with Crippen molar-refractivity contribution in [2.75, 3.05) is 13.7 Å². The van der Waals surface area contributed by atoms with Gasteiger partial charge in [-0.3, -0.25) is 0 Å². The largest absolute Gasteiger partial charge is 0.444 e. The predicted octanol–water partition coefficient (Wildman–Crippen LogP) is 3.59. The Hall–Kier alpha value is -0.770. The van der Waals surface area contributed by atoms with Gasteiger partial charge in [-0.25, -0.2) is 4.79 Å². The molecule has 2 saturated carbocycles. The molecule has 1 spiro atoms. The molecule has 0 radical (unpaired) electrons. The van der Waals surface area contributed by atoms with Crippen molar-refractivity contribution < 1.29 is 14.3 Å². The Balaban J connectivity index is 2.03. The van der Waals surface area contributed by atoms with Crippen molar-refractivity contribution in [2.24, 2.45) is 5.41 Å². The van der Waals surface area contributed by atoms with E-state index in [0.29, 0.717) is 6.10 Å². The van der Waals surface area contributed by atoms with Gasteiger partial charge in [-0.1, -0.05) is 12.8 Å². The molecule has 0 aliphatic heterocycles. The van der Waals surface area contributed by atoms with Crippen LogP contribution in [0.15, 0.2) is 0 Å². The summed E-state index contributed by atoms with van der Waals surface area (Å²) in [7, 11) is 1.88. The Bertz CT molecular complexity index is 355. The maximum atomic E-state index is 12.3. The number of carbonyl (C=O) groups excluding carboxylic acids is 1. The number of rotatable bonds is 3. The fraction of sp³-hybridized carbons (Fsp3) is 0.938. The Labute approximate surface area is 122 Å². The van der Waals surface area contributed by atoms with E-state index >= 15 is 0 Å². The topological polar surface area (TPSA) is 38.8 Å². The molecule has 2 rings (SSSR count).